The van der Waals surface area contributed by atoms with E-state index in [0.717, 1.165) is 26.1 Å². The first-order valence-electron chi connectivity index (χ1n) is 7.84. The van der Waals surface area contributed by atoms with Crippen LogP contribution in [-0.2, 0) is 9.53 Å². The number of ether oxygens (including phenoxy) is 2. The summed E-state index contributed by atoms with van der Waals surface area (Å²) >= 11 is 1.49. The van der Waals surface area contributed by atoms with Gasteiger partial charge in [0.15, 0.2) is 6.61 Å². The van der Waals surface area contributed by atoms with E-state index in [2.05, 4.69) is 0 Å². The highest BCUT2D eigenvalue weighted by molar-refractivity contribution is 7.20. The SMILES string of the molecule is CCOC(=O)COc1ccccc1-c1ccc2sc(C(=N)N)cc2c1. The molecule has 3 rings (SSSR count). The smallest absolute Gasteiger partial charge is 0.344 e. The molecule has 1 heterocycles. The Morgan fingerprint density at radius 1 is 1.20 bits per heavy atom. The number of rotatable bonds is 6. The van der Waals surface area contributed by atoms with Crippen LogP contribution in [0.15, 0.2) is 48.5 Å². The van der Waals surface area contributed by atoms with E-state index in [-0.39, 0.29) is 12.4 Å². The Kier molecular flexibility index (Phi) is 5.00. The zero-order valence-corrected chi connectivity index (χ0v) is 14.6. The predicted molar refractivity (Wildman–Crippen MR) is 100 cm³/mol. The van der Waals surface area contributed by atoms with E-state index < -0.39 is 5.97 Å². The molecule has 0 aliphatic heterocycles. The molecule has 0 spiro atoms. The highest BCUT2D eigenvalue weighted by Crippen LogP contribution is 2.34. The predicted octanol–water partition coefficient (Wildman–Crippen LogP) is 3.79. The molecule has 0 atom stereocenters. The van der Waals surface area contributed by atoms with E-state index >= 15 is 0 Å². The van der Waals surface area contributed by atoms with Gasteiger partial charge in [0.05, 0.1) is 11.5 Å². The van der Waals surface area contributed by atoms with Crippen LogP contribution in [0.3, 0.4) is 0 Å². The third kappa shape index (κ3) is 3.80. The Morgan fingerprint density at radius 2 is 2.00 bits per heavy atom. The third-order valence-corrected chi connectivity index (χ3v) is 4.78. The van der Waals surface area contributed by atoms with Crippen LogP contribution >= 0.6 is 11.3 Å². The number of nitrogens with two attached hydrogens (primary N) is 1. The molecule has 25 heavy (non-hydrogen) atoms. The number of carbonyl (C=O) groups is 1. The highest BCUT2D eigenvalue weighted by atomic mass is 32.1. The Hall–Kier alpha value is -2.86. The normalized spacial score (nSPS) is 10.6. The summed E-state index contributed by atoms with van der Waals surface area (Å²) in [5, 5.41) is 8.59. The number of thiophene rings is 1. The van der Waals surface area contributed by atoms with E-state index in [4.69, 9.17) is 20.6 Å². The number of hydrogen-bond acceptors (Lipinski definition) is 5. The van der Waals surface area contributed by atoms with E-state index in [1.54, 1.807) is 6.92 Å². The van der Waals surface area contributed by atoms with Gasteiger partial charge in [-0.05, 0) is 42.1 Å². The Balaban J connectivity index is 1.92. The Morgan fingerprint density at radius 3 is 2.76 bits per heavy atom. The zero-order valence-electron chi connectivity index (χ0n) is 13.7. The first kappa shape index (κ1) is 17.0. The average molecular weight is 354 g/mol. The summed E-state index contributed by atoms with van der Waals surface area (Å²) in [7, 11) is 0. The van der Waals surface area contributed by atoms with E-state index in [9.17, 15) is 4.79 Å². The van der Waals surface area contributed by atoms with E-state index in [1.807, 2.05) is 48.5 Å². The lowest BCUT2D eigenvalue weighted by Crippen LogP contribution is -2.14. The van der Waals surface area contributed by atoms with Crippen LogP contribution in [0.4, 0.5) is 0 Å². The monoisotopic (exact) mass is 354 g/mol. The van der Waals surface area contributed by atoms with Crippen molar-refractivity contribution >= 4 is 33.2 Å². The van der Waals surface area contributed by atoms with Gasteiger partial charge in [0.2, 0.25) is 0 Å². The molecule has 0 unspecified atom stereocenters. The number of fused-ring (bicyclic) bond motifs is 1. The zero-order chi connectivity index (χ0) is 17.8. The van der Waals surface area contributed by atoms with Crippen molar-refractivity contribution in [2.45, 2.75) is 6.92 Å². The van der Waals surface area contributed by atoms with Crippen molar-refractivity contribution in [3.63, 3.8) is 0 Å². The summed E-state index contributed by atoms with van der Waals surface area (Å²) in [5.41, 5.74) is 7.44. The minimum Gasteiger partial charge on any atom is -0.481 e. The molecule has 3 aromatic rings. The van der Waals surface area contributed by atoms with Crippen LogP contribution in [0, 0.1) is 5.41 Å². The quantitative estimate of drug-likeness (QED) is 0.401. The van der Waals surface area contributed by atoms with Gasteiger partial charge in [0.1, 0.15) is 11.6 Å². The van der Waals surface area contributed by atoms with Crippen LogP contribution < -0.4 is 10.5 Å². The number of hydrogen-bond donors (Lipinski definition) is 2. The lowest BCUT2D eigenvalue weighted by Gasteiger charge is -2.11. The summed E-state index contributed by atoms with van der Waals surface area (Å²) < 4.78 is 11.6. The minimum absolute atomic E-state index is 0.0703. The minimum atomic E-state index is -0.392. The molecule has 0 aliphatic carbocycles. The molecule has 6 heteroatoms. The molecular formula is C19H18N2O3S. The van der Waals surface area contributed by atoms with Crippen LogP contribution in [0.5, 0.6) is 5.75 Å². The van der Waals surface area contributed by atoms with Crippen molar-refractivity contribution in [2.24, 2.45) is 5.73 Å². The van der Waals surface area contributed by atoms with E-state index in [1.165, 1.54) is 11.3 Å². The van der Waals surface area contributed by atoms with Crippen molar-refractivity contribution in [2.75, 3.05) is 13.2 Å². The first-order valence-corrected chi connectivity index (χ1v) is 8.66. The largest absolute Gasteiger partial charge is 0.481 e. The Bertz CT molecular complexity index is 933. The molecule has 128 valence electrons. The fourth-order valence-electron chi connectivity index (χ4n) is 2.51. The second kappa shape index (κ2) is 7.36. The second-order valence-corrected chi connectivity index (χ2v) is 6.45. The molecule has 0 saturated carbocycles. The molecular weight excluding hydrogens is 336 g/mol. The number of nitrogens with one attached hydrogen (secondary N) is 1. The molecule has 1 aromatic heterocycles. The number of benzene rings is 2. The van der Waals surface area contributed by atoms with Crippen LogP contribution in [0.25, 0.3) is 21.2 Å². The van der Waals surface area contributed by atoms with E-state index in [0.29, 0.717) is 12.4 Å². The van der Waals surface area contributed by atoms with Gasteiger partial charge < -0.3 is 15.2 Å². The number of nitrogen functional groups attached to an aromatic ring is 1. The van der Waals surface area contributed by atoms with Gasteiger partial charge in [-0.1, -0.05) is 24.3 Å². The average Bonchev–Trinajstić information content (AvgIpc) is 3.04. The lowest BCUT2D eigenvalue weighted by molar-refractivity contribution is -0.145. The maximum absolute atomic E-state index is 11.5. The molecule has 0 radical (unpaired) electrons. The molecule has 3 N–H and O–H groups in total. The summed E-state index contributed by atoms with van der Waals surface area (Å²) in [4.78, 5) is 12.3. The standard InChI is InChI=1S/C19H18N2O3S/c1-2-23-18(22)11-24-15-6-4-3-5-14(15)12-7-8-16-13(9-12)10-17(25-16)19(20)21/h3-10H,2,11H2,1H3,(H3,20,21). The molecule has 0 bridgehead atoms. The van der Waals surface area contributed by atoms with Crippen molar-refractivity contribution in [3.05, 3.63) is 53.4 Å². The van der Waals surface area contributed by atoms with Gasteiger partial charge in [0.25, 0.3) is 0 Å². The maximum atomic E-state index is 11.5. The van der Waals surface area contributed by atoms with Gasteiger partial charge in [-0.3, -0.25) is 5.41 Å². The summed E-state index contributed by atoms with van der Waals surface area (Å²) in [6.45, 7) is 1.97. The maximum Gasteiger partial charge on any atom is 0.344 e. The molecule has 0 saturated heterocycles. The fraction of sp³-hybridized carbons (Fsp3) is 0.158. The highest BCUT2D eigenvalue weighted by Gasteiger charge is 2.11. The van der Waals surface area contributed by atoms with Crippen molar-refractivity contribution in [1.29, 1.82) is 5.41 Å². The van der Waals surface area contributed by atoms with Crippen molar-refractivity contribution in [1.82, 2.24) is 0 Å². The molecule has 0 fully saturated rings. The summed E-state index contributed by atoms with van der Waals surface area (Å²) in [6.07, 6.45) is 0. The molecule has 5 nitrogen and oxygen atoms in total. The summed E-state index contributed by atoms with van der Waals surface area (Å²) in [6, 6.07) is 15.5. The van der Waals surface area contributed by atoms with Crippen LogP contribution in [-0.4, -0.2) is 25.0 Å². The van der Waals surface area contributed by atoms with Gasteiger partial charge in [0, 0.05) is 10.3 Å². The number of amidine groups is 1. The number of carbonyl (C=O) groups excluding carboxylic acids is 1. The molecule has 0 aliphatic rings. The second-order valence-electron chi connectivity index (χ2n) is 5.37. The number of esters is 1. The summed E-state index contributed by atoms with van der Waals surface area (Å²) in [5.74, 6) is 0.300. The molecule has 0 amide bonds. The van der Waals surface area contributed by atoms with Gasteiger partial charge in [-0.2, -0.15) is 0 Å². The fourth-order valence-corrected chi connectivity index (χ4v) is 3.42. The molecule has 2 aromatic carbocycles. The third-order valence-electron chi connectivity index (χ3n) is 3.63. The number of para-hydroxylation sites is 1. The van der Waals surface area contributed by atoms with Crippen molar-refractivity contribution in [3.8, 4) is 16.9 Å². The van der Waals surface area contributed by atoms with Crippen LogP contribution in [0.2, 0.25) is 0 Å². The first-order chi connectivity index (χ1) is 12.1. The lowest BCUT2D eigenvalue weighted by atomic mass is 10.0. The van der Waals surface area contributed by atoms with Crippen LogP contribution in [0.1, 0.15) is 11.8 Å². The Labute approximate surface area is 149 Å². The van der Waals surface area contributed by atoms with Crippen molar-refractivity contribution < 1.29 is 14.3 Å². The van der Waals surface area contributed by atoms with Gasteiger partial charge >= 0.3 is 5.97 Å². The topological polar surface area (TPSA) is 85.4 Å². The van der Waals surface area contributed by atoms with Gasteiger partial charge in [-0.15, -0.1) is 11.3 Å². The van der Waals surface area contributed by atoms with Gasteiger partial charge in [-0.25, -0.2) is 4.79 Å².